The second-order valence-electron chi connectivity index (χ2n) is 6.92. The van der Waals surface area contributed by atoms with Gasteiger partial charge in [0.1, 0.15) is 0 Å². The Morgan fingerprint density at radius 2 is 1.72 bits per heavy atom. The van der Waals surface area contributed by atoms with Crippen LogP contribution in [-0.2, 0) is 31.9 Å². The summed E-state index contributed by atoms with van der Waals surface area (Å²) in [6.07, 6.45) is 11.1. The number of esters is 2. The van der Waals surface area contributed by atoms with E-state index in [1.165, 1.54) is 19.8 Å². The molecule has 2 aliphatic rings. The van der Waals surface area contributed by atoms with Crippen molar-refractivity contribution in [1.29, 1.82) is 0 Å². The van der Waals surface area contributed by atoms with E-state index in [1.807, 2.05) is 18.3 Å². The molecule has 29 heavy (non-hydrogen) atoms. The number of aromatic nitrogens is 2. The number of ether oxygens (including phenoxy) is 2. The molecule has 0 spiro atoms. The molecule has 1 N–H and O–H groups in total. The van der Waals surface area contributed by atoms with Crippen molar-refractivity contribution in [2.24, 2.45) is 5.92 Å². The molecule has 2 heterocycles. The summed E-state index contributed by atoms with van der Waals surface area (Å²) in [5, 5.41) is 9.99. The van der Waals surface area contributed by atoms with E-state index in [-0.39, 0.29) is 11.9 Å². The molecular formula is C22H24N2O5. The van der Waals surface area contributed by atoms with Crippen molar-refractivity contribution in [2.75, 3.05) is 14.2 Å². The lowest BCUT2D eigenvalue weighted by atomic mass is 9.82. The van der Waals surface area contributed by atoms with Gasteiger partial charge in [0.05, 0.1) is 26.2 Å². The van der Waals surface area contributed by atoms with Crippen LogP contribution in [0.25, 0.3) is 6.08 Å². The first-order valence-electron chi connectivity index (χ1n) is 9.45. The Labute approximate surface area is 169 Å². The van der Waals surface area contributed by atoms with E-state index in [4.69, 9.17) is 0 Å². The van der Waals surface area contributed by atoms with Crippen LogP contribution in [0.5, 0.6) is 0 Å². The number of methoxy groups -OCH3 is 2. The Morgan fingerprint density at radius 3 is 2.45 bits per heavy atom. The summed E-state index contributed by atoms with van der Waals surface area (Å²) in [5.41, 5.74) is 4.83. The fraction of sp³-hybridized carbons (Fsp3) is 0.364. The molecule has 2 unspecified atom stereocenters. The molecule has 0 amide bonds. The topological polar surface area (TPSA) is 98.6 Å². The molecule has 0 fully saturated rings. The molecule has 0 saturated heterocycles. The number of hydrogen-bond donors (Lipinski definition) is 1. The van der Waals surface area contributed by atoms with E-state index < -0.39 is 12.0 Å². The molecule has 7 nitrogen and oxygen atoms in total. The minimum absolute atomic E-state index is 0.229. The molecule has 0 aliphatic heterocycles. The van der Waals surface area contributed by atoms with Crippen LogP contribution in [0.15, 0.2) is 42.5 Å². The standard InChI is InChI=1S/C11H13NO3.C11H11NO2/c1-15-11(14)9-3-2-7-6-12-5-4-8(7)10(9)13;1-14-11(13)9-2-3-10-7-12-5-4-8(10)6-9/h4-6,9-10,13H,2-3H2,1H3;4-7H,2-3H2,1H3. The number of hydrogen-bond acceptors (Lipinski definition) is 7. The molecule has 0 radical (unpaired) electrons. The van der Waals surface area contributed by atoms with Crippen molar-refractivity contribution in [3.63, 3.8) is 0 Å². The normalized spacial score (nSPS) is 19.5. The maximum absolute atomic E-state index is 11.4. The Kier molecular flexibility index (Phi) is 6.72. The van der Waals surface area contributed by atoms with Gasteiger partial charge in [0.25, 0.3) is 0 Å². The summed E-state index contributed by atoms with van der Waals surface area (Å²) < 4.78 is 9.34. The Hall–Kier alpha value is -3.06. The van der Waals surface area contributed by atoms with Gasteiger partial charge in [-0.15, -0.1) is 0 Å². The highest BCUT2D eigenvalue weighted by Crippen LogP contribution is 2.34. The zero-order valence-electron chi connectivity index (χ0n) is 16.5. The van der Waals surface area contributed by atoms with Gasteiger partial charge in [0.2, 0.25) is 0 Å². The molecule has 0 bridgehead atoms. The first-order valence-corrected chi connectivity index (χ1v) is 9.45. The SMILES string of the molecule is COC(=O)C1=Cc2ccncc2CC1.COC(=O)C1CCc2cnccc2C1O. The second-order valence-corrected chi connectivity index (χ2v) is 6.92. The molecule has 2 atom stereocenters. The number of carbonyl (C=O) groups excluding carboxylic acids is 2. The van der Waals surface area contributed by atoms with Gasteiger partial charge in [-0.25, -0.2) is 4.79 Å². The van der Waals surface area contributed by atoms with Crippen LogP contribution in [0.3, 0.4) is 0 Å². The van der Waals surface area contributed by atoms with Gasteiger partial charge >= 0.3 is 11.9 Å². The second kappa shape index (κ2) is 9.43. The first-order chi connectivity index (χ1) is 14.0. The highest BCUT2D eigenvalue weighted by atomic mass is 16.5. The van der Waals surface area contributed by atoms with E-state index >= 15 is 0 Å². The molecule has 0 saturated carbocycles. The molecule has 2 aromatic rings. The minimum atomic E-state index is -0.760. The third-order valence-electron chi connectivity index (χ3n) is 5.25. The number of carbonyl (C=O) groups is 2. The van der Waals surface area contributed by atoms with Gasteiger partial charge in [0.15, 0.2) is 0 Å². The van der Waals surface area contributed by atoms with Crippen LogP contribution >= 0.6 is 0 Å². The van der Waals surface area contributed by atoms with Crippen molar-refractivity contribution in [1.82, 2.24) is 9.97 Å². The fourth-order valence-electron chi connectivity index (χ4n) is 3.63. The molecule has 7 heteroatoms. The number of rotatable bonds is 2. The van der Waals surface area contributed by atoms with Crippen molar-refractivity contribution < 1.29 is 24.2 Å². The minimum Gasteiger partial charge on any atom is -0.469 e. The lowest BCUT2D eigenvalue weighted by Gasteiger charge is -2.27. The summed E-state index contributed by atoms with van der Waals surface area (Å²) in [4.78, 5) is 30.7. The van der Waals surface area contributed by atoms with Gasteiger partial charge in [-0.05, 0) is 66.1 Å². The predicted molar refractivity (Wildman–Crippen MR) is 106 cm³/mol. The summed E-state index contributed by atoms with van der Waals surface area (Å²) in [5.74, 6) is -1.01. The maximum Gasteiger partial charge on any atom is 0.333 e. The van der Waals surface area contributed by atoms with E-state index in [2.05, 4.69) is 19.4 Å². The van der Waals surface area contributed by atoms with E-state index in [9.17, 15) is 14.7 Å². The number of nitrogens with zero attached hydrogens (tertiary/aromatic N) is 2. The smallest absolute Gasteiger partial charge is 0.333 e. The van der Waals surface area contributed by atoms with Crippen LogP contribution in [-0.4, -0.2) is 41.2 Å². The van der Waals surface area contributed by atoms with Gasteiger partial charge < -0.3 is 14.6 Å². The van der Waals surface area contributed by atoms with E-state index in [0.29, 0.717) is 6.42 Å². The van der Waals surface area contributed by atoms with Gasteiger partial charge in [-0.3, -0.25) is 14.8 Å². The largest absolute Gasteiger partial charge is 0.469 e. The number of aryl methyl sites for hydroxylation is 2. The third-order valence-corrected chi connectivity index (χ3v) is 5.25. The van der Waals surface area contributed by atoms with Crippen molar-refractivity contribution in [3.8, 4) is 0 Å². The first kappa shape index (κ1) is 20.7. The van der Waals surface area contributed by atoms with Crippen LogP contribution < -0.4 is 0 Å². The van der Waals surface area contributed by atoms with Crippen LogP contribution in [0, 0.1) is 5.92 Å². The summed E-state index contributed by atoms with van der Waals surface area (Å²) >= 11 is 0. The zero-order valence-corrected chi connectivity index (χ0v) is 16.5. The molecule has 2 aromatic heterocycles. The summed E-state index contributed by atoms with van der Waals surface area (Å²) in [6, 6.07) is 3.67. The molecule has 2 aliphatic carbocycles. The van der Waals surface area contributed by atoms with Gasteiger partial charge in [0, 0.05) is 30.4 Å². The molecule has 0 aromatic carbocycles. The molecule has 152 valence electrons. The lowest BCUT2D eigenvalue weighted by Crippen LogP contribution is -2.28. The average molecular weight is 396 g/mol. The number of pyridine rings is 2. The number of aliphatic hydroxyl groups is 1. The third kappa shape index (κ3) is 4.68. The summed E-state index contributed by atoms with van der Waals surface area (Å²) in [7, 11) is 2.75. The van der Waals surface area contributed by atoms with Gasteiger partial charge in [-0.1, -0.05) is 0 Å². The zero-order chi connectivity index (χ0) is 20.8. The lowest BCUT2D eigenvalue weighted by molar-refractivity contribution is -0.150. The molecule has 4 rings (SSSR count). The quantitative estimate of drug-likeness (QED) is 0.779. The van der Waals surface area contributed by atoms with Crippen LogP contribution in [0.4, 0.5) is 0 Å². The van der Waals surface area contributed by atoms with Crippen molar-refractivity contribution in [3.05, 3.63) is 64.7 Å². The Morgan fingerprint density at radius 1 is 1.00 bits per heavy atom. The van der Waals surface area contributed by atoms with Crippen LogP contribution in [0.1, 0.15) is 41.2 Å². The van der Waals surface area contributed by atoms with Gasteiger partial charge in [-0.2, -0.15) is 0 Å². The summed E-state index contributed by atoms with van der Waals surface area (Å²) in [6.45, 7) is 0. The highest BCUT2D eigenvalue weighted by Gasteiger charge is 2.33. The Balaban J connectivity index is 0.000000166. The van der Waals surface area contributed by atoms with Crippen molar-refractivity contribution in [2.45, 2.75) is 31.8 Å². The van der Waals surface area contributed by atoms with Crippen molar-refractivity contribution >= 4 is 18.0 Å². The van der Waals surface area contributed by atoms with E-state index in [0.717, 1.165) is 41.5 Å². The predicted octanol–water partition coefficient (Wildman–Crippen LogP) is 2.43. The maximum atomic E-state index is 11.4. The highest BCUT2D eigenvalue weighted by molar-refractivity contribution is 5.94. The van der Waals surface area contributed by atoms with E-state index in [1.54, 1.807) is 24.7 Å². The molecular weight excluding hydrogens is 372 g/mol. The van der Waals surface area contributed by atoms with Crippen LogP contribution in [0.2, 0.25) is 0 Å². The number of fused-ring (bicyclic) bond motifs is 2. The number of aliphatic hydroxyl groups excluding tert-OH is 1. The average Bonchev–Trinajstić information content (AvgIpc) is 2.78. The monoisotopic (exact) mass is 396 g/mol. The fourth-order valence-corrected chi connectivity index (χ4v) is 3.63. The Bertz CT molecular complexity index is 925.